The van der Waals surface area contributed by atoms with E-state index < -0.39 is 0 Å². The molecule has 0 saturated carbocycles. The summed E-state index contributed by atoms with van der Waals surface area (Å²) >= 11 is 1.82. The zero-order valence-corrected chi connectivity index (χ0v) is 13.1. The average molecular weight is 281 g/mol. The first-order valence-electron chi connectivity index (χ1n) is 7.04. The van der Waals surface area contributed by atoms with Gasteiger partial charge in [0.05, 0.1) is 0 Å². The number of ether oxygens (including phenoxy) is 1. The van der Waals surface area contributed by atoms with Gasteiger partial charge in [0.2, 0.25) is 0 Å². The Morgan fingerprint density at radius 3 is 2.63 bits per heavy atom. The Hall–Kier alpha value is -1.03. The van der Waals surface area contributed by atoms with Crippen molar-refractivity contribution in [2.45, 2.75) is 65.3 Å². The number of aryl methyl sites for hydroxylation is 2. The number of hydrogen-bond acceptors (Lipinski definition) is 3. The second-order valence-corrected chi connectivity index (χ2v) is 7.27. The molecule has 0 atom stereocenters. The monoisotopic (exact) mass is 281 g/mol. The zero-order valence-electron chi connectivity index (χ0n) is 12.3. The normalized spacial score (nSPS) is 14.9. The Balaban J connectivity index is 2.19. The molecule has 0 unspecified atom stereocenters. The molecule has 19 heavy (non-hydrogen) atoms. The summed E-state index contributed by atoms with van der Waals surface area (Å²) in [6.07, 6.45) is 5.22. The van der Waals surface area contributed by atoms with E-state index in [1.165, 1.54) is 28.2 Å². The van der Waals surface area contributed by atoms with Crippen molar-refractivity contribution in [3.8, 4) is 5.75 Å². The van der Waals surface area contributed by atoms with Gasteiger partial charge in [-0.2, -0.15) is 0 Å². The van der Waals surface area contributed by atoms with Crippen molar-refractivity contribution in [1.82, 2.24) is 5.32 Å². The molecule has 1 aliphatic rings. The molecule has 4 heteroatoms. The van der Waals surface area contributed by atoms with Crippen molar-refractivity contribution in [2.24, 2.45) is 0 Å². The lowest BCUT2D eigenvalue weighted by atomic mass is 9.98. The van der Waals surface area contributed by atoms with Crippen molar-refractivity contribution < 1.29 is 9.53 Å². The van der Waals surface area contributed by atoms with Crippen molar-refractivity contribution >= 4 is 17.4 Å². The summed E-state index contributed by atoms with van der Waals surface area (Å²) in [6, 6.07) is 0. The Kier molecular flexibility index (Phi) is 4.19. The van der Waals surface area contributed by atoms with Crippen molar-refractivity contribution in [1.29, 1.82) is 0 Å². The Morgan fingerprint density at radius 1 is 1.32 bits per heavy atom. The van der Waals surface area contributed by atoms with E-state index in [1.807, 2.05) is 32.1 Å². The first-order chi connectivity index (χ1) is 8.90. The van der Waals surface area contributed by atoms with Crippen molar-refractivity contribution in [3.63, 3.8) is 0 Å². The van der Waals surface area contributed by atoms with Crippen LogP contribution in [0.25, 0.3) is 0 Å². The number of rotatable bonds is 2. The molecule has 1 aromatic rings. The topological polar surface area (TPSA) is 38.3 Å². The molecule has 2 rings (SSSR count). The van der Waals surface area contributed by atoms with E-state index >= 15 is 0 Å². The van der Waals surface area contributed by atoms with Crippen molar-refractivity contribution in [3.05, 3.63) is 15.3 Å². The second kappa shape index (κ2) is 5.53. The predicted octanol–water partition coefficient (Wildman–Crippen LogP) is 4.08. The molecule has 0 bridgehead atoms. The van der Waals surface area contributed by atoms with Gasteiger partial charge in [0, 0.05) is 20.9 Å². The zero-order chi connectivity index (χ0) is 14.0. The van der Waals surface area contributed by atoms with Crippen LogP contribution in [0.3, 0.4) is 0 Å². The number of hydrogen-bond donors (Lipinski definition) is 1. The summed E-state index contributed by atoms with van der Waals surface area (Å²) in [4.78, 5) is 14.6. The van der Waals surface area contributed by atoms with Crippen LogP contribution in [-0.4, -0.2) is 11.6 Å². The molecule has 0 aliphatic heterocycles. The maximum atomic E-state index is 12.0. The van der Waals surface area contributed by atoms with Crippen LogP contribution >= 0.6 is 11.3 Å². The summed E-state index contributed by atoms with van der Waals surface area (Å²) in [5.41, 5.74) is 1.01. The van der Waals surface area contributed by atoms with E-state index in [1.54, 1.807) is 0 Å². The van der Waals surface area contributed by atoms with Gasteiger partial charge in [-0.05, 0) is 52.9 Å². The van der Waals surface area contributed by atoms with Gasteiger partial charge < -0.3 is 10.1 Å². The molecule has 106 valence electrons. The summed E-state index contributed by atoms with van der Waals surface area (Å²) < 4.78 is 5.61. The van der Waals surface area contributed by atoms with Crippen LogP contribution in [0.1, 0.15) is 55.9 Å². The molecule has 3 nitrogen and oxygen atoms in total. The van der Waals surface area contributed by atoms with Gasteiger partial charge in [-0.15, -0.1) is 11.3 Å². The van der Waals surface area contributed by atoms with E-state index in [2.05, 4.69) is 12.2 Å². The van der Waals surface area contributed by atoms with E-state index in [-0.39, 0.29) is 11.6 Å². The number of amides is 1. The lowest BCUT2D eigenvalue weighted by Crippen LogP contribution is -2.42. The second-order valence-electron chi connectivity index (χ2n) is 6.08. The summed E-state index contributed by atoms with van der Waals surface area (Å²) in [5, 5.41) is 2.86. The standard InChI is InChI=1S/C15H23NO2S/c1-5-11-13(18-14(17)16-15(2,3)4)10-8-6-7-9-12(10)19-11/h5-9H2,1-4H3,(H,16,17). The Bertz CT molecular complexity index is 471. The summed E-state index contributed by atoms with van der Waals surface area (Å²) in [5.74, 6) is 0.837. The SMILES string of the molecule is CCc1sc2c(c1OC(=O)NC(C)(C)C)CCCC2. The molecule has 0 fully saturated rings. The number of carbonyl (C=O) groups is 1. The highest BCUT2D eigenvalue weighted by Crippen LogP contribution is 2.40. The minimum absolute atomic E-state index is 0.264. The molecule has 0 aromatic carbocycles. The fourth-order valence-corrected chi connectivity index (χ4v) is 3.63. The first-order valence-corrected chi connectivity index (χ1v) is 7.85. The summed E-state index contributed by atoms with van der Waals surface area (Å²) in [6.45, 7) is 7.99. The third-order valence-corrected chi connectivity index (χ3v) is 4.60. The van der Waals surface area contributed by atoms with Crippen LogP contribution in [0.15, 0.2) is 0 Å². The highest BCUT2D eigenvalue weighted by molar-refractivity contribution is 7.12. The fraction of sp³-hybridized carbons (Fsp3) is 0.667. The highest BCUT2D eigenvalue weighted by Gasteiger charge is 2.24. The molecule has 1 heterocycles. The quantitative estimate of drug-likeness (QED) is 0.887. The minimum Gasteiger partial charge on any atom is -0.409 e. The number of carbonyl (C=O) groups excluding carboxylic acids is 1. The largest absolute Gasteiger partial charge is 0.413 e. The molecule has 1 aliphatic carbocycles. The highest BCUT2D eigenvalue weighted by atomic mass is 32.1. The van der Waals surface area contributed by atoms with Gasteiger partial charge in [0.1, 0.15) is 5.75 Å². The molecular formula is C15H23NO2S. The van der Waals surface area contributed by atoms with Crippen molar-refractivity contribution in [2.75, 3.05) is 0 Å². The maximum Gasteiger partial charge on any atom is 0.413 e. The summed E-state index contributed by atoms with van der Waals surface area (Å²) in [7, 11) is 0. The number of nitrogens with one attached hydrogen (secondary N) is 1. The van der Waals surface area contributed by atoms with Crippen LogP contribution in [-0.2, 0) is 19.3 Å². The van der Waals surface area contributed by atoms with Gasteiger partial charge >= 0.3 is 6.09 Å². The predicted molar refractivity (Wildman–Crippen MR) is 79.3 cm³/mol. The van der Waals surface area contributed by atoms with Gasteiger partial charge in [0.15, 0.2) is 0 Å². The van der Waals surface area contributed by atoms with E-state index in [9.17, 15) is 4.79 Å². The lowest BCUT2D eigenvalue weighted by molar-refractivity contribution is 0.190. The van der Waals surface area contributed by atoms with Gasteiger partial charge in [-0.3, -0.25) is 0 Å². The molecule has 1 N–H and O–H groups in total. The third-order valence-electron chi connectivity index (χ3n) is 3.18. The Morgan fingerprint density at radius 2 is 2.00 bits per heavy atom. The molecule has 1 amide bonds. The Labute approximate surface area is 119 Å². The van der Waals surface area contributed by atoms with E-state index in [0.717, 1.165) is 25.0 Å². The van der Waals surface area contributed by atoms with E-state index in [0.29, 0.717) is 0 Å². The third kappa shape index (κ3) is 3.50. The van der Waals surface area contributed by atoms with Gasteiger partial charge in [0.25, 0.3) is 0 Å². The fourth-order valence-electron chi connectivity index (χ4n) is 2.37. The van der Waals surface area contributed by atoms with Gasteiger partial charge in [-0.1, -0.05) is 6.92 Å². The smallest absolute Gasteiger partial charge is 0.409 e. The molecule has 0 saturated heterocycles. The number of fused-ring (bicyclic) bond motifs is 1. The average Bonchev–Trinajstić information content (AvgIpc) is 2.65. The van der Waals surface area contributed by atoms with Crippen LogP contribution in [0.2, 0.25) is 0 Å². The molecular weight excluding hydrogens is 258 g/mol. The molecule has 0 radical (unpaired) electrons. The van der Waals surface area contributed by atoms with E-state index in [4.69, 9.17) is 4.74 Å². The van der Waals surface area contributed by atoms with Crippen LogP contribution in [0, 0.1) is 0 Å². The number of thiophene rings is 1. The molecule has 1 aromatic heterocycles. The minimum atomic E-state index is -0.339. The maximum absolute atomic E-state index is 12.0. The first kappa shape index (κ1) is 14.4. The molecule has 0 spiro atoms. The van der Waals surface area contributed by atoms with Crippen LogP contribution in [0.5, 0.6) is 5.75 Å². The lowest BCUT2D eigenvalue weighted by Gasteiger charge is -2.20. The van der Waals surface area contributed by atoms with Crippen LogP contribution in [0.4, 0.5) is 4.79 Å². The van der Waals surface area contributed by atoms with Gasteiger partial charge in [-0.25, -0.2) is 4.79 Å². The van der Waals surface area contributed by atoms with Crippen LogP contribution < -0.4 is 10.1 Å².